The lowest BCUT2D eigenvalue weighted by molar-refractivity contribution is 0.500. The average molecular weight is 172 g/mol. The molecule has 1 heterocycles. The van der Waals surface area contributed by atoms with Crippen LogP contribution in [0.25, 0.3) is 0 Å². The van der Waals surface area contributed by atoms with Gasteiger partial charge in [-0.3, -0.25) is 0 Å². The van der Waals surface area contributed by atoms with Gasteiger partial charge in [0.2, 0.25) is 0 Å². The molecule has 1 aromatic rings. The lowest BCUT2D eigenvalue weighted by Crippen LogP contribution is -2.17. The molecule has 0 spiro atoms. The molecular formula is C6H12N4S. The minimum Gasteiger partial charge on any atom is -0.330 e. The Bertz CT molecular complexity index is 196. The Morgan fingerprint density at radius 3 is 2.64 bits per heavy atom. The molecule has 1 unspecified atom stereocenters. The molecule has 0 saturated heterocycles. The van der Waals surface area contributed by atoms with Crippen molar-refractivity contribution in [3.05, 3.63) is 5.01 Å². The van der Waals surface area contributed by atoms with Gasteiger partial charge in [0, 0.05) is 24.0 Å². The zero-order chi connectivity index (χ0) is 8.27. The lowest BCUT2D eigenvalue weighted by Gasteiger charge is -2.13. The normalized spacial score (nSPS) is 13.8. The highest BCUT2D eigenvalue weighted by atomic mass is 32.1. The van der Waals surface area contributed by atoms with Gasteiger partial charge in [-0.1, -0.05) is 18.3 Å². The van der Waals surface area contributed by atoms with Crippen molar-refractivity contribution in [3.8, 4) is 0 Å². The topological polar surface area (TPSA) is 64.7 Å². The molecular weight excluding hydrogens is 160 g/mol. The monoisotopic (exact) mass is 172 g/mol. The standard InChI is InChI=1S/C6H12N4S/c1-4(2)5(3-7)6-8-9-10-11-6/h4-5H,3,7H2,1-2H3. The van der Waals surface area contributed by atoms with Crippen LogP contribution in [0.1, 0.15) is 24.8 Å². The van der Waals surface area contributed by atoms with E-state index < -0.39 is 0 Å². The summed E-state index contributed by atoms with van der Waals surface area (Å²) >= 11 is 1.33. The van der Waals surface area contributed by atoms with Gasteiger partial charge in [0.05, 0.1) is 0 Å². The quantitative estimate of drug-likeness (QED) is 0.726. The fourth-order valence-electron chi connectivity index (χ4n) is 0.941. The van der Waals surface area contributed by atoms with Crippen molar-refractivity contribution < 1.29 is 0 Å². The summed E-state index contributed by atoms with van der Waals surface area (Å²) in [5.74, 6) is 0.824. The second-order valence-corrected chi connectivity index (χ2v) is 3.55. The second kappa shape index (κ2) is 3.73. The maximum atomic E-state index is 5.58. The molecule has 11 heavy (non-hydrogen) atoms. The van der Waals surface area contributed by atoms with Crippen molar-refractivity contribution >= 4 is 11.5 Å². The number of aromatic nitrogens is 3. The summed E-state index contributed by atoms with van der Waals surface area (Å²) in [6.07, 6.45) is 0. The van der Waals surface area contributed by atoms with Gasteiger partial charge in [-0.25, -0.2) is 0 Å². The predicted octanol–water partition coefficient (Wildman–Crippen LogP) is 0.631. The van der Waals surface area contributed by atoms with E-state index in [1.165, 1.54) is 11.5 Å². The van der Waals surface area contributed by atoms with Crippen LogP contribution in [0.5, 0.6) is 0 Å². The zero-order valence-corrected chi connectivity index (χ0v) is 7.51. The van der Waals surface area contributed by atoms with Crippen molar-refractivity contribution in [2.75, 3.05) is 6.54 Å². The van der Waals surface area contributed by atoms with E-state index in [-0.39, 0.29) is 0 Å². The zero-order valence-electron chi connectivity index (χ0n) is 6.69. The SMILES string of the molecule is CC(C)C(CN)c1nnns1. The van der Waals surface area contributed by atoms with Crippen LogP contribution in [-0.4, -0.2) is 21.3 Å². The van der Waals surface area contributed by atoms with Crippen LogP contribution >= 0.6 is 11.5 Å². The van der Waals surface area contributed by atoms with Crippen LogP contribution in [-0.2, 0) is 0 Å². The Hall–Kier alpha value is -0.550. The van der Waals surface area contributed by atoms with Crippen molar-refractivity contribution in [2.24, 2.45) is 11.7 Å². The van der Waals surface area contributed by atoms with Gasteiger partial charge in [-0.15, -0.1) is 5.10 Å². The van der Waals surface area contributed by atoms with E-state index in [4.69, 9.17) is 5.73 Å². The van der Waals surface area contributed by atoms with Gasteiger partial charge in [-0.2, -0.15) is 0 Å². The van der Waals surface area contributed by atoms with Crippen LogP contribution in [0, 0.1) is 5.92 Å². The number of rotatable bonds is 3. The highest BCUT2D eigenvalue weighted by molar-refractivity contribution is 7.05. The number of nitrogens with two attached hydrogens (primary N) is 1. The van der Waals surface area contributed by atoms with Gasteiger partial charge in [0.1, 0.15) is 5.01 Å². The summed E-state index contributed by atoms with van der Waals surface area (Å²) in [6, 6.07) is 0. The summed E-state index contributed by atoms with van der Waals surface area (Å²) < 4.78 is 3.70. The maximum absolute atomic E-state index is 5.58. The van der Waals surface area contributed by atoms with Crippen LogP contribution in [0.15, 0.2) is 0 Å². The molecule has 1 atom stereocenters. The first-order valence-corrected chi connectivity index (χ1v) is 4.38. The van der Waals surface area contributed by atoms with Crippen molar-refractivity contribution in [1.29, 1.82) is 0 Å². The van der Waals surface area contributed by atoms with E-state index in [1.807, 2.05) is 0 Å². The van der Waals surface area contributed by atoms with Crippen LogP contribution < -0.4 is 5.73 Å². The molecule has 0 saturated carbocycles. The summed E-state index contributed by atoms with van der Waals surface area (Å²) in [6.45, 7) is 4.87. The van der Waals surface area contributed by atoms with E-state index in [0.29, 0.717) is 18.4 Å². The lowest BCUT2D eigenvalue weighted by atomic mass is 9.97. The van der Waals surface area contributed by atoms with E-state index in [2.05, 4.69) is 28.6 Å². The maximum Gasteiger partial charge on any atom is 0.142 e. The van der Waals surface area contributed by atoms with Crippen molar-refractivity contribution in [1.82, 2.24) is 14.8 Å². The Balaban J connectivity index is 2.71. The Morgan fingerprint density at radius 2 is 2.27 bits per heavy atom. The second-order valence-electron chi connectivity index (χ2n) is 2.79. The van der Waals surface area contributed by atoms with E-state index >= 15 is 0 Å². The van der Waals surface area contributed by atoms with Gasteiger partial charge in [-0.05, 0) is 11.1 Å². The van der Waals surface area contributed by atoms with Gasteiger partial charge in [0.15, 0.2) is 0 Å². The highest BCUT2D eigenvalue weighted by Gasteiger charge is 2.17. The van der Waals surface area contributed by atoms with Gasteiger partial charge in [0.25, 0.3) is 0 Å². The van der Waals surface area contributed by atoms with Crippen molar-refractivity contribution in [2.45, 2.75) is 19.8 Å². The van der Waals surface area contributed by atoms with Crippen molar-refractivity contribution in [3.63, 3.8) is 0 Å². The third kappa shape index (κ3) is 1.94. The molecule has 62 valence electrons. The molecule has 0 aliphatic carbocycles. The first-order chi connectivity index (χ1) is 5.25. The Kier molecular flexibility index (Phi) is 2.90. The number of hydrogen-bond donors (Lipinski definition) is 1. The molecule has 4 nitrogen and oxygen atoms in total. The molecule has 0 fully saturated rings. The predicted molar refractivity (Wildman–Crippen MR) is 44.3 cm³/mol. The molecule has 0 radical (unpaired) electrons. The molecule has 0 amide bonds. The molecule has 0 aliphatic rings. The van der Waals surface area contributed by atoms with Gasteiger partial charge < -0.3 is 5.73 Å². The van der Waals surface area contributed by atoms with Crippen LogP contribution in [0.2, 0.25) is 0 Å². The third-order valence-electron chi connectivity index (χ3n) is 1.69. The van der Waals surface area contributed by atoms with Gasteiger partial charge >= 0.3 is 0 Å². The summed E-state index contributed by atoms with van der Waals surface area (Å²) in [5.41, 5.74) is 5.58. The molecule has 2 N–H and O–H groups in total. The molecule has 0 aromatic carbocycles. The average Bonchev–Trinajstić information content (AvgIpc) is 2.40. The minimum absolute atomic E-state index is 0.315. The van der Waals surface area contributed by atoms with E-state index in [0.717, 1.165) is 5.01 Å². The molecule has 5 heteroatoms. The first-order valence-electron chi connectivity index (χ1n) is 3.60. The fraction of sp³-hybridized carbons (Fsp3) is 0.833. The highest BCUT2D eigenvalue weighted by Crippen LogP contribution is 2.22. The largest absolute Gasteiger partial charge is 0.330 e. The van der Waals surface area contributed by atoms with E-state index in [9.17, 15) is 0 Å². The Morgan fingerprint density at radius 1 is 1.55 bits per heavy atom. The fourth-order valence-corrected chi connectivity index (χ4v) is 1.67. The third-order valence-corrected chi connectivity index (χ3v) is 2.42. The molecule has 1 rings (SSSR count). The summed E-state index contributed by atoms with van der Waals surface area (Å²) in [7, 11) is 0. The van der Waals surface area contributed by atoms with E-state index in [1.54, 1.807) is 0 Å². The van der Waals surface area contributed by atoms with Crippen LogP contribution in [0.4, 0.5) is 0 Å². The molecule has 1 aromatic heterocycles. The number of nitrogens with zero attached hydrogens (tertiary/aromatic N) is 3. The minimum atomic E-state index is 0.315. The smallest absolute Gasteiger partial charge is 0.142 e. The van der Waals surface area contributed by atoms with Crippen LogP contribution in [0.3, 0.4) is 0 Å². The summed E-state index contributed by atoms with van der Waals surface area (Å²) in [5, 5.41) is 8.37. The molecule has 0 aliphatic heterocycles. The number of hydrogen-bond acceptors (Lipinski definition) is 5. The Labute approximate surface area is 70.0 Å². The summed E-state index contributed by atoms with van der Waals surface area (Å²) in [4.78, 5) is 0. The molecule has 0 bridgehead atoms. The first kappa shape index (κ1) is 8.55.